The summed E-state index contributed by atoms with van der Waals surface area (Å²) >= 11 is 4.93. The van der Waals surface area contributed by atoms with E-state index in [1.54, 1.807) is 20.3 Å². The molecule has 8 heteroatoms. The maximum Gasteiger partial charge on any atom is 0.220 e. The lowest BCUT2D eigenvalue weighted by molar-refractivity contribution is 0.364. The van der Waals surface area contributed by atoms with Gasteiger partial charge >= 0.3 is 0 Å². The predicted molar refractivity (Wildman–Crippen MR) is 110 cm³/mol. The van der Waals surface area contributed by atoms with Crippen molar-refractivity contribution in [3.8, 4) is 11.8 Å². The molecule has 2 aromatic rings. The first-order valence-electron chi connectivity index (χ1n) is 8.00. The molecule has 0 aliphatic heterocycles. The standard InChI is InChI=1S/C18H23BrN4O2S/c1-18(2,3)14(11-20-23-13-8-6-12(19)7-9-13)26-17-21-15(24-4)10-16(22-17)25-5/h6-11,14,23H,1-5H3/b20-11+. The van der Waals surface area contributed by atoms with Crippen LogP contribution in [0.4, 0.5) is 5.69 Å². The molecule has 140 valence electrons. The van der Waals surface area contributed by atoms with Crippen LogP contribution < -0.4 is 14.9 Å². The lowest BCUT2D eigenvalue weighted by atomic mass is 9.92. The molecule has 1 atom stereocenters. The van der Waals surface area contributed by atoms with Gasteiger partial charge in [0, 0.05) is 10.7 Å². The summed E-state index contributed by atoms with van der Waals surface area (Å²) in [5.41, 5.74) is 3.92. The van der Waals surface area contributed by atoms with Crippen molar-refractivity contribution in [3.63, 3.8) is 0 Å². The van der Waals surface area contributed by atoms with Gasteiger partial charge in [0.25, 0.3) is 0 Å². The molecule has 0 spiro atoms. The molecule has 1 aromatic carbocycles. The van der Waals surface area contributed by atoms with Crippen LogP contribution in [0.2, 0.25) is 0 Å². The number of thioether (sulfide) groups is 1. The first-order valence-corrected chi connectivity index (χ1v) is 9.67. The zero-order chi connectivity index (χ0) is 19.2. The third-order valence-electron chi connectivity index (χ3n) is 3.41. The molecule has 1 heterocycles. The minimum Gasteiger partial charge on any atom is -0.481 e. The number of methoxy groups -OCH3 is 2. The molecule has 0 saturated heterocycles. The molecule has 0 fully saturated rings. The highest BCUT2D eigenvalue weighted by Gasteiger charge is 2.26. The van der Waals surface area contributed by atoms with Crippen molar-refractivity contribution < 1.29 is 9.47 Å². The van der Waals surface area contributed by atoms with Gasteiger partial charge in [0.05, 0.1) is 31.2 Å². The Morgan fingerprint density at radius 2 is 1.69 bits per heavy atom. The fraction of sp³-hybridized carbons (Fsp3) is 0.389. The molecule has 0 saturated carbocycles. The molecule has 0 amide bonds. The van der Waals surface area contributed by atoms with Gasteiger partial charge < -0.3 is 9.47 Å². The maximum atomic E-state index is 5.22. The van der Waals surface area contributed by atoms with Gasteiger partial charge in [-0.05, 0) is 29.7 Å². The lowest BCUT2D eigenvalue weighted by Gasteiger charge is -2.26. The molecule has 2 rings (SSSR count). The second kappa shape index (κ2) is 9.23. The average Bonchev–Trinajstić information content (AvgIpc) is 2.61. The minimum atomic E-state index is -0.0464. The SMILES string of the molecule is COc1cc(OC)nc(SC(/C=N/Nc2ccc(Br)cc2)C(C)(C)C)n1. The number of hydrogen-bond acceptors (Lipinski definition) is 7. The number of hydrazone groups is 1. The Labute approximate surface area is 166 Å². The van der Waals surface area contributed by atoms with Crippen molar-refractivity contribution in [2.24, 2.45) is 10.5 Å². The number of hydrogen-bond donors (Lipinski definition) is 1. The van der Waals surface area contributed by atoms with Crippen molar-refractivity contribution in [3.05, 3.63) is 34.8 Å². The maximum absolute atomic E-state index is 5.22. The van der Waals surface area contributed by atoms with E-state index in [9.17, 15) is 0 Å². The Morgan fingerprint density at radius 1 is 1.12 bits per heavy atom. The Bertz CT molecular complexity index is 726. The smallest absolute Gasteiger partial charge is 0.220 e. The number of anilines is 1. The van der Waals surface area contributed by atoms with Crippen molar-refractivity contribution >= 4 is 39.6 Å². The van der Waals surface area contributed by atoms with E-state index in [-0.39, 0.29) is 10.7 Å². The summed E-state index contributed by atoms with van der Waals surface area (Å²) in [5.74, 6) is 0.939. The zero-order valence-corrected chi connectivity index (χ0v) is 17.9. The first kappa shape index (κ1) is 20.5. The summed E-state index contributed by atoms with van der Waals surface area (Å²) in [4.78, 5) is 8.78. The fourth-order valence-corrected chi connectivity index (χ4v) is 3.15. The predicted octanol–water partition coefficient (Wildman–Crippen LogP) is 4.86. The zero-order valence-electron chi connectivity index (χ0n) is 15.5. The van der Waals surface area contributed by atoms with Crippen LogP contribution in [0.5, 0.6) is 11.8 Å². The van der Waals surface area contributed by atoms with Crippen molar-refractivity contribution in [1.29, 1.82) is 0 Å². The summed E-state index contributed by atoms with van der Waals surface area (Å²) in [6.45, 7) is 6.44. The van der Waals surface area contributed by atoms with Crippen LogP contribution in [0.1, 0.15) is 20.8 Å². The first-order chi connectivity index (χ1) is 12.3. The number of benzene rings is 1. The summed E-state index contributed by atoms with van der Waals surface area (Å²) in [5, 5.41) is 5.01. The third-order valence-corrected chi connectivity index (χ3v) is 5.42. The number of aromatic nitrogens is 2. The number of halogens is 1. The number of ether oxygens (including phenoxy) is 2. The van der Waals surface area contributed by atoms with Crippen LogP contribution in [0.25, 0.3) is 0 Å². The highest BCUT2D eigenvalue weighted by Crippen LogP contribution is 2.34. The summed E-state index contributed by atoms with van der Waals surface area (Å²) < 4.78 is 11.5. The number of nitrogens with one attached hydrogen (secondary N) is 1. The van der Waals surface area contributed by atoms with Crippen molar-refractivity contribution in [1.82, 2.24) is 9.97 Å². The third kappa shape index (κ3) is 6.17. The van der Waals surface area contributed by atoms with Crippen molar-refractivity contribution in [2.75, 3.05) is 19.6 Å². The Morgan fingerprint density at radius 3 is 2.19 bits per heavy atom. The summed E-state index contributed by atoms with van der Waals surface area (Å²) in [7, 11) is 3.14. The van der Waals surface area contributed by atoms with Crippen LogP contribution in [0.3, 0.4) is 0 Å². The van der Waals surface area contributed by atoms with E-state index >= 15 is 0 Å². The highest BCUT2D eigenvalue weighted by molar-refractivity contribution is 9.10. The molecule has 6 nitrogen and oxygen atoms in total. The Kier molecular flexibility index (Phi) is 7.28. The second-order valence-electron chi connectivity index (χ2n) is 6.54. The molecule has 0 radical (unpaired) electrons. The number of nitrogens with zero attached hydrogens (tertiary/aromatic N) is 3. The monoisotopic (exact) mass is 438 g/mol. The molecule has 1 aromatic heterocycles. The Hall–Kier alpha value is -1.80. The lowest BCUT2D eigenvalue weighted by Crippen LogP contribution is -2.25. The molecule has 0 bridgehead atoms. The van der Waals surface area contributed by atoms with Crippen LogP contribution in [-0.4, -0.2) is 35.7 Å². The Balaban J connectivity index is 2.15. The number of rotatable bonds is 7. The van der Waals surface area contributed by atoms with E-state index in [2.05, 4.69) is 57.2 Å². The molecule has 1 N–H and O–H groups in total. The van der Waals surface area contributed by atoms with E-state index in [4.69, 9.17) is 9.47 Å². The van der Waals surface area contributed by atoms with Crippen LogP contribution >= 0.6 is 27.7 Å². The average molecular weight is 439 g/mol. The van der Waals surface area contributed by atoms with Gasteiger partial charge in [0.1, 0.15) is 0 Å². The molecule has 1 unspecified atom stereocenters. The van der Waals surface area contributed by atoms with Gasteiger partial charge in [-0.3, -0.25) is 5.43 Å². The van der Waals surface area contributed by atoms with Crippen LogP contribution in [0, 0.1) is 5.41 Å². The second-order valence-corrected chi connectivity index (χ2v) is 8.56. The van der Waals surface area contributed by atoms with Crippen LogP contribution in [-0.2, 0) is 0 Å². The normalized spacial score (nSPS) is 12.8. The molecular weight excluding hydrogens is 416 g/mol. The minimum absolute atomic E-state index is 0.0438. The van der Waals surface area contributed by atoms with E-state index in [0.29, 0.717) is 16.9 Å². The van der Waals surface area contributed by atoms with Gasteiger partial charge in [-0.2, -0.15) is 15.1 Å². The fourth-order valence-electron chi connectivity index (χ4n) is 1.89. The van der Waals surface area contributed by atoms with Crippen LogP contribution in [0.15, 0.2) is 45.1 Å². The van der Waals surface area contributed by atoms with E-state index in [0.717, 1.165) is 10.2 Å². The summed E-state index contributed by atoms with van der Waals surface area (Å²) in [6, 6.07) is 9.49. The van der Waals surface area contributed by atoms with E-state index < -0.39 is 0 Å². The van der Waals surface area contributed by atoms with E-state index in [1.807, 2.05) is 30.5 Å². The van der Waals surface area contributed by atoms with Gasteiger partial charge in [-0.15, -0.1) is 0 Å². The highest BCUT2D eigenvalue weighted by atomic mass is 79.9. The van der Waals surface area contributed by atoms with Gasteiger partial charge in [0.15, 0.2) is 5.16 Å². The largest absolute Gasteiger partial charge is 0.481 e. The molecule has 0 aliphatic carbocycles. The molecule has 0 aliphatic rings. The van der Waals surface area contributed by atoms with Gasteiger partial charge in [-0.25, -0.2) is 0 Å². The molecule has 26 heavy (non-hydrogen) atoms. The topological polar surface area (TPSA) is 68.6 Å². The van der Waals surface area contributed by atoms with Gasteiger partial charge in [-0.1, -0.05) is 48.5 Å². The quantitative estimate of drug-likeness (QED) is 0.288. The van der Waals surface area contributed by atoms with Gasteiger partial charge in [0.2, 0.25) is 11.8 Å². The van der Waals surface area contributed by atoms with Crippen molar-refractivity contribution in [2.45, 2.75) is 31.2 Å². The van der Waals surface area contributed by atoms with E-state index in [1.165, 1.54) is 11.8 Å². The molecular formula is C18H23BrN4O2S. The summed E-state index contributed by atoms with van der Waals surface area (Å²) in [6.07, 6.45) is 1.88.